The van der Waals surface area contributed by atoms with Gasteiger partial charge in [0.1, 0.15) is 17.9 Å². The molecule has 0 radical (unpaired) electrons. The van der Waals surface area contributed by atoms with Gasteiger partial charge in [0.05, 0.1) is 10.6 Å². The summed E-state index contributed by atoms with van der Waals surface area (Å²) in [5.74, 6) is -0.138. The molecular weight excluding hydrogens is 375 g/mol. The van der Waals surface area contributed by atoms with Gasteiger partial charge < -0.3 is 9.84 Å². The summed E-state index contributed by atoms with van der Waals surface area (Å²) in [5.41, 5.74) is 1.04. The smallest absolute Gasteiger partial charge is 0.361 e. The lowest BCUT2D eigenvalue weighted by Gasteiger charge is -2.10. The summed E-state index contributed by atoms with van der Waals surface area (Å²) in [7, 11) is -4.31. The molecule has 0 aliphatic heterocycles. The molecule has 0 saturated heterocycles. The predicted molar refractivity (Wildman–Crippen MR) is 86.3 cm³/mol. The third-order valence-corrected chi connectivity index (χ3v) is 4.80. The van der Waals surface area contributed by atoms with Crippen LogP contribution in [0.25, 0.3) is 0 Å². The van der Waals surface area contributed by atoms with E-state index in [9.17, 15) is 26.4 Å². The largest absolute Gasteiger partial charge is 0.402 e. The molecule has 2 N–H and O–H groups in total. The summed E-state index contributed by atoms with van der Waals surface area (Å²) in [6, 6.07) is 4.73. The zero-order chi connectivity index (χ0) is 19.5. The number of benzene rings is 1. The second kappa shape index (κ2) is 7.46. The fourth-order valence-corrected chi connectivity index (χ4v) is 3.14. The number of amides is 1. The van der Waals surface area contributed by atoms with E-state index in [1.165, 1.54) is 16.9 Å². The average molecular weight is 391 g/mol. The minimum atomic E-state index is -4.66. The quantitative estimate of drug-likeness (QED) is 0.788. The molecule has 0 fully saturated rings. The molecule has 7 nitrogen and oxygen atoms in total. The maximum atomic E-state index is 12.3. The number of aromatic nitrogens is 1. The maximum absolute atomic E-state index is 12.3. The Bertz CT molecular complexity index is 890. The van der Waals surface area contributed by atoms with E-state index in [1.54, 1.807) is 6.92 Å². The van der Waals surface area contributed by atoms with Crippen LogP contribution in [0.5, 0.6) is 0 Å². The number of alkyl halides is 3. The van der Waals surface area contributed by atoms with Crippen LogP contribution in [0.3, 0.4) is 0 Å². The van der Waals surface area contributed by atoms with Gasteiger partial charge in [-0.3, -0.25) is 4.79 Å². The normalized spacial score (nSPS) is 12.2. The predicted octanol–water partition coefficient (Wildman–Crippen LogP) is 2.64. The number of halogens is 3. The number of hydrogen-bond acceptors (Lipinski definition) is 5. The van der Waals surface area contributed by atoms with Gasteiger partial charge in [0.2, 0.25) is 10.0 Å². The first-order chi connectivity index (χ1) is 12.0. The Morgan fingerprint density at radius 2 is 1.85 bits per heavy atom. The lowest BCUT2D eigenvalue weighted by Crippen LogP contribution is -2.33. The number of hydrogen-bond donors (Lipinski definition) is 2. The van der Waals surface area contributed by atoms with Gasteiger partial charge in [-0.1, -0.05) is 12.1 Å². The van der Waals surface area contributed by atoms with E-state index in [2.05, 4.69) is 10.5 Å². The lowest BCUT2D eigenvalue weighted by molar-refractivity contribution is -0.121. The molecule has 1 aromatic heterocycles. The number of sulfonamides is 1. The fraction of sp³-hybridized carbons (Fsp3) is 0.333. The van der Waals surface area contributed by atoms with Gasteiger partial charge in [-0.15, -0.1) is 0 Å². The number of nitrogens with one attached hydrogen (secondary N) is 2. The second-order valence-electron chi connectivity index (χ2n) is 5.33. The van der Waals surface area contributed by atoms with Crippen LogP contribution in [-0.4, -0.2) is 32.2 Å². The summed E-state index contributed by atoms with van der Waals surface area (Å²) in [6.07, 6.45) is -4.17. The van der Waals surface area contributed by atoms with Gasteiger partial charge in [-0.05, 0) is 37.6 Å². The molecule has 0 bridgehead atoms. The summed E-state index contributed by atoms with van der Waals surface area (Å²) < 4.78 is 66.5. The van der Waals surface area contributed by atoms with E-state index < -0.39 is 28.7 Å². The monoisotopic (exact) mass is 391 g/mol. The first-order valence-electron chi connectivity index (χ1n) is 7.46. The first-order valence-corrected chi connectivity index (χ1v) is 8.95. The van der Waals surface area contributed by atoms with Crippen molar-refractivity contribution in [3.63, 3.8) is 0 Å². The molecule has 0 aliphatic carbocycles. The molecule has 0 spiro atoms. The Morgan fingerprint density at radius 1 is 1.23 bits per heavy atom. The SMILES string of the molecule is CCc1noc(C)c1C(=O)Nc1ccc(S(=O)(=O)NCC(F)(F)F)cc1. The Kier molecular flexibility index (Phi) is 5.71. The van der Waals surface area contributed by atoms with Crippen molar-refractivity contribution in [2.45, 2.75) is 31.3 Å². The number of carbonyl (C=O) groups excluding carboxylic acids is 1. The van der Waals surface area contributed by atoms with Crippen molar-refractivity contribution < 1.29 is 30.9 Å². The van der Waals surface area contributed by atoms with E-state index in [4.69, 9.17) is 4.52 Å². The summed E-state index contributed by atoms with van der Waals surface area (Å²) >= 11 is 0. The molecule has 0 unspecified atom stereocenters. The molecule has 26 heavy (non-hydrogen) atoms. The molecule has 1 amide bonds. The Hall–Kier alpha value is -2.40. The summed E-state index contributed by atoms with van der Waals surface area (Å²) in [4.78, 5) is 12.0. The highest BCUT2D eigenvalue weighted by molar-refractivity contribution is 7.89. The van der Waals surface area contributed by atoms with Crippen LogP contribution in [0.1, 0.15) is 28.7 Å². The van der Waals surface area contributed by atoms with Gasteiger partial charge in [0.25, 0.3) is 5.91 Å². The van der Waals surface area contributed by atoms with Crippen molar-refractivity contribution in [2.24, 2.45) is 0 Å². The minimum Gasteiger partial charge on any atom is -0.361 e. The van der Waals surface area contributed by atoms with Gasteiger partial charge >= 0.3 is 6.18 Å². The zero-order valence-electron chi connectivity index (χ0n) is 13.8. The van der Waals surface area contributed by atoms with Gasteiger partial charge in [0, 0.05) is 5.69 Å². The number of carbonyl (C=O) groups is 1. The Balaban J connectivity index is 2.12. The Labute approximate surface area is 147 Å². The van der Waals surface area contributed by atoms with Crippen molar-refractivity contribution in [2.75, 3.05) is 11.9 Å². The number of rotatable bonds is 6. The molecule has 0 atom stereocenters. The average Bonchev–Trinajstić information content (AvgIpc) is 2.94. The topological polar surface area (TPSA) is 101 Å². The number of aryl methyl sites for hydroxylation is 2. The van der Waals surface area contributed by atoms with Crippen LogP contribution in [-0.2, 0) is 16.4 Å². The van der Waals surface area contributed by atoms with Crippen LogP contribution in [0, 0.1) is 6.92 Å². The third-order valence-electron chi connectivity index (χ3n) is 3.38. The van der Waals surface area contributed by atoms with E-state index in [0.29, 0.717) is 17.9 Å². The van der Waals surface area contributed by atoms with Crippen molar-refractivity contribution >= 4 is 21.6 Å². The van der Waals surface area contributed by atoms with Crippen LogP contribution >= 0.6 is 0 Å². The molecule has 1 aromatic carbocycles. The van der Waals surface area contributed by atoms with Crippen LogP contribution < -0.4 is 10.0 Å². The molecule has 2 rings (SSSR count). The highest BCUT2D eigenvalue weighted by Crippen LogP contribution is 2.19. The molecule has 142 valence electrons. The standard InChI is InChI=1S/C15H16F3N3O4S/c1-3-12-13(9(2)25-21-12)14(22)20-10-4-6-11(7-5-10)26(23,24)19-8-15(16,17)18/h4-7,19H,3,8H2,1-2H3,(H,20,22). The van der Waals surface area contributed by atoms with Gasteiger partial charge in [-0.25, -0.2) is 13.1 Å². The van der Waals surface area contributed by atoms with Crippen molar-refractivity contribution in [3.05, 3.63) is 41.3 Å². The van der Waals surface area contributed by atoms with Gasteiger partial charge in [-0.2, -0.15) is 13.2 Å². The molecule has 0 aliphatic rings. The maximum Gasteiger partial charge on any atom is 0.402 e. The minimum absolute atomic E-state index is 0.271. The van der Waals surface area contributed by atoms with Crippen molar-refractivity contribution in [1.29, 1.82) is 0 Å². The number of anilines is 1. The molecule has 2 aromatic rings. The van der Waals surface area contributed by atoms with Crippen molar-refractivity contribution in [1.82, 2.24) is 9.88 Å². The third kappa shape index (κ3) is 4.82. The summed E-state index contributed by atoms with van der Waals surface area (Å²) in [5, 5.41) is 6.33. The highest BCUT2D eigenvalue weighted by atomic mass is 32.2. The lowest BCUT2D eigenvalue weighted by atomic mass is 10.1. The van der Waals surface area contributed by atoms with Crippen LogP contribution in [0.4, 0.5) is 18.9 Å². The highest BCUT2D eigenvalue weighted by Gasteiger charge is 2.30. The van der Waals surface area contributed by atoms with Crippen molar-refractivity contribution in [3.8, 4) is 0 Å². The van der Waals surface area contributed by atoms with E-state index in [-0.39, 0.29) is 16.1 Å². The molecular formula is C15H16F3N3O4S. The zero-order valence-corrected chi connectivity index (χ0v) is 14.7. The summed E-state index contributed by atoms with van der Waals surface area (Å²) in [6.45, 7) is 1.73. The second-order valence-corrected chi connectivity index (χ2v) is 7.10. The van der Waals surface area contributed by atoms with Crippen LogP contribution in [0.15, 0.2) is 33.7 Å². The number of nitrogens with zero attached hydrogens (tertiary/aromatic N) is 1. The van der Waals surface area contributed by atoms with Gasteiger partial charge in [0.15, 0.2) is 0 Å². The Morgan fingerprint density at radius 3 is 2.38 bits per heavy atom. The van der Waals surface area contributed by atoms with E-state index in [1.807, 2.05) is 6.92 Å². The molecule has 11 heteroatoms. The van der Waals surface area contributed by atoms with E-state index in [0.717, 1.165) is 12.1 Å². The van der Waals surface area contributed by atoms with Crippen LogP contribution in [0.2, 0.25) is 0 Å². The molecule has 0 saturated carbocycles. The van der Waals surface area contributed by atoms with E-state index >= 15 is 0 Å². The fourth-order valence-electron chi connectivity index (χ4n) is 2.12. The molecule has 1 heterocycles. The first kappa shape index (κ1) is 19.9.